The molecule has 2 bridgehead atoms. The number of pyridine rings is 1. The molecule has 4 heterocycles. The Labute approximate surface area is 233 Å². The van der Waals surface area contributed by atoms with E-state index in [1.807, 2.05) is 30.3 Å². The summed E-state index contributed by atoms with van der Waals surface area (Å²) in [6.07, 6.45) is -3.26. The minimum Gasteiger partial charge on any atom is -0.439 e. The van der Waals surface area contributed by atoms with Crippen LogP contribution in [0.15, 0.2) is 76.3 Å². The summed E-state index contributed by atoms with van der Waals surface area (Å²) >= 11 is 0. The molecular formula is C28H27F3N8O2. The lowest BCUT2D eigenvalue weighted by atomic mass is 10.1. The number of hydrogen-bond donors (Lipinski definition) is 4. The van der Waals surface area contributed by atoms with E-state index in [-0.39, 0.29) is 18.5 Å². The molecule has 10 nitrogen and oxygen atoms in total. The number of rotatable bonds is 7. The normalized spacial score (nSPS) is 16.8. The monoisotopic (exact) mass is 564 g/mol. The number of guanidine groups is 1. The predicted octanol–water partition coefficient (Wildman–Crippen LogP) is 3.98. The Kier molecular flexibility index (Phi) is 6.66. The van der Waals surface area contributed by atoms with E-state index >= 15 is 0 Å². The number of hydrogen-bond acceptors (Lipinski definition) is 8. The number of aromatic nitrogens is 2. The van der Waals surface area contributed by atoms with Crippen molar-refractivity contribution in [2.45, 2.75) is 31.5 Å². The van der Waals surface area contributed by atoms with Gasteiger partial charge in [-0.25, -0.2) is 15.0 Å². The third-order valence-corrected chi connectivity index (χ3v) is 7.14. The molecule has 41 heavy (non-hydrogen) atoms. The van der Waals surface area contributed by atoms with Crippen molar-refractivity contribution in [2.75, 3.05) is 28.2 Å². The minimum absolute atomic E-state index is 0.0372. The number of oxazole rings is 1. The Morgan fingerprint density at radius 1 is 1.12 bits per heavy atom. The first kappa shape index (κ1) is 26.4. The van der Waals surface area contributed by atoms with Gasteiger partial charge in [-0.15, -0.1) is 0 Å². The lowest BCUT2D eigenvalue weighted by molar-refractivity contribution is -0.137. The van der Waals surface area contributed by atoms with Crippen LogP contribution in [0, 0.1) is 0 Å². The average Bonchev–Trinajstić information content (AvgIpc) is 3.60. The molecule has 6 rings (SSSR count). The van der Waals surface area contributed by atoms with Gasteiger partial charge >= 0.3 is 6.18 Å². The van der Waals surface area contributed by atoms with Crippen LogP contribution in [-0.4, -0.2) is 46.5 Å². The summed E-state index contributed by atoms with van der Waals surface area (Å²) in [6.45, 7) is 1.60. The molecule has 4 aromatic rings. The molecule has 2 atom stereocenters. The predicted molar refractivity (Wildman–Crippen MR) is 149 cm³/mol. The van der Waals surface area contributed by atoms with Crippen molar-refractivity contribution in [2.24, 2.45) is 16.5 Å². The van der Waals surface area contributed by atoms with Crippen molar-refractivity contribution in [1.82, 2.24) is 9.97 Å². The van der Waals surface area contributed by atoms with Gasteiger partial charge in [0.05, 0.1) is 29.2 Å². The fourth-order valence-corrected chi connectivity index (χ4v) is 5.23. The molecule has 6 N–H and O–H groups in total. The van der Waals surface area contributed by atoms with Crippen LogP contribution < -0.4 is 26.6 Å². The fraction of sp³-hybridized carbons (Fsp3) is 0.250. The smallest absolute Gasteiger partial charge is 0.416 e. The first-order valence-corrected chi connectivity index (χ1v) is 12.9. The first-order chi connectivity index (χ1) is 19.7. The van der Waals surface area contributed by atoms with Crippen molar-refractivity contribution in [3.05, 3.63) is 78.3 Å². The van der Waals surface area contributed by atoms with Crippen LogP contribution in [0.1, 0.15) is 17.9 Å². The minimum atomic E-state index is -4.46. The second-order valence-corrected chi connectivity index (χ2v) is 9.87. The standard InChI is InChI=1S/C28H27F3N8O2/c29-28(30,31)18-5-1-3-16(11-18)21-7-8-22-25(37-21)39(20-9-10-38(22)15-20)27(40)36-19-6-2-4-17(12-19)23-13-34-24(41-23)14-35-26(32)33/h1-8,11-13,20,27,36,40H,9-10,14-15H2,(H4,32,33,35)/t20-,27?/m0/s1. The van der Waals surface area contributed by atoms with E-state index in [0.717, 1.165) is 36.3 Å². The topological polar surface area (TPSA) is 142 Å². The summed E-state index contributed by atoms with van der Waals surface area (Å²) in [4.78, 5) is 16.8. The van der Waals surface area contributed by atoms with E-state index in [0.29, 0.717) is 41.0 Å². The lowest BCUT2D eigenvalue weighted by Crippen LogP contribution is -2.51. The largest absolute Gasteiger partial charge is 0.439 e. The molecule has 1 saturated heterocycles. The summed E-state index contributed by atoms with van der Waals surface area (Å²) in [7, 11) is 0. The Morgan fingerprint density at radius 3 is 2.73 bits per heavy atom. The molecule has 1 fully saturated rings. The zero-order chi connectivity index (χ0) is 28.7. The lowest BCUT2D eigenvalue weighted by Gasteiger charge is -2.40. The molecule has 13 heteroatoms. The van der Waals surface area contributed by atoms with Gasteiger partial charge in [-0.2, -0.15) is 13.2 Å². The van der Waals surface area contributed by atoms with E-state index in [2.05, 4.69) is 20.2 Å². The summed E-state index contributed by atoms with van der Waals surface area (Å²) in [6, 6.07) is 15.9. The highest BCUT2D eigenvalue weighted by atomic mass is 19.4. The highest BCUT2D eigenvalue weighted by Crippen LogP contribution is 2.41. The third kappa shape index (κ3) is 5.35. The van der Waals surface area contributed by atoms with Gasteiger partial charge in [0.1, 0.15) is 6.54 Å². The zero-order valence-electron chi connectivity index (χ0n) is 21.7. The van der Waals surface area contributed by atoms with Crippen LogP contribution >= 0.6 is 0 Å². The second kappa shape index (κ2) is 10.3. The van der Waals surface area contributed by atoms with Crippen LogP contribution in [0.3, 0.4) is 0 Å². The highest BCUT2D eigenvalue weighted by molar-refractivity contribution is 5.77. The summed E-state index contributed by atoms with van der Waals surface area (Å²) < 4.78 is 45.8. The van der Waals surface area contributed by atoms with E-state index in [9.17, 15) is 18.3 Å². The van der Waals surface area contributed by atoms with Crippen molar-refractivity contribution in [3.8, 4) is 22.6 Å². The molecule has 2 aromatic heterocycles. The molecule has 0 radical (unpaired) electrons. The molecule has 0 saturated carbocycles. The number of halogens is 3. The van der Waals surface area contributed by atoms with Crippen LogP contribution in [-0.2, 0) is 12.7 Å². The van der Waals surface area contributed by atoms with E-state index < -0.39 is 18.1 Å². The third-order valence-electron chi connectivity index (χ3n) is 7.14. The van der Waals surface area contributed by atoms with Crippen LogP contribution in [0.5, 0.6) is 0 Å². The molecule has 2 aliphatic heterocycles. The maximum atomic E-state index is 13.3. The number of fused-ring (bicyclic) bond motifs is 4. The van der Waals surface area contributed by atoms with Gasteiger partial charge in [-0.05, 0) is 42.8 Å². The molecule has 2 aromatic carbocycles. The number of aliphatic hydroxyl groups is 1. The van der Waals surface area contributed by atoms with E-state index in [1.54, 1.807) is 23.2 Å². The number of aliphatic hydroxyl groups excluding tert-OH is 1. The van der Waals surface area contributed by atoms with Crippen molar-refractivity contribution >= 4 is 23.2 Å². The number of nitrogens with one attached hydrogen (secondary N) is 1. The van der Waals surface area contributed by atoms with Gasteiger partial charge in [0.2, 0.25) is 12.2 Å². The van der Waals surface area contributed by atoms with Gasteiger partial charge in [-0.1, -0.05) is 24.3 Å². The van der Waals surface area contributed by atoms with Gasteiger partial charge in [-0.3, -0.25) is 0 Å². The number of aliphatic imine (C=N–C) groups is 1. The average molecular weight is 565 g/mol. The molecule has 2 aliphatic rings. The van der Waals surface area contributed by atoms with Crippen LogP contribution in [0.2, 0.25) is 0 Å². The second-order valence-electron chi connectivity index (χ2n) is 9.87. The quantitative estimate of drug-likeness (QED) is 0.149. The van der Waals surface area contributed by atoms with Gasteiger partial charge in [0, 0.05) is 29.9 Å². The van der Waals surface area contributed by atoms with Crippen LogP contribution in [0.4, 0.5) is 30.4 Å². The Balaban J connectivity index is 1.27. The zero-order valence-corrected chi connectivity index (χ0v) is 21.7. The molecule has 212 valence electrons. The first-order valence-electron chi connectivity index (χ1n) is 12.9. The fourth-order valence-electron chi connectivity index (χ4n) is 5.23. The van der Waals surface area contributed by atoms with E-state index in [1.165, 1.54) is 6.07 Å². The Hall–Kier alpha value is -4.78. The summed E-state index contributed by atoms with van der Waals surface area (Å²) in [5.41, 5.74) is 12.9. The van der Waals surface area contributed by atoms with E-state index in [4.69, 9.17) is 20.9 Å². The van der Waals surface area contributed by atoms with Gasteiger partial charge in [0.25, 0.3) is 0 Å². The number of alkyl halides is 3. The number of anilines is 3. The summed E-state index contributed by atoms with van der Waals surface area (Å²) in [5.74, 6) is 1.30. The molecule has 0 spiro atoms. The number of benzene rings is 2. The maximum Gasteiger partial charge on any atom is 0.416 e. The number of nitrogens with zero attached hydrogens (tertiary/aromatic N) is 5. The highest BCUT2D eigenvalue weighted by Gasteiger charge is 2.40. The van der Waals surface area contributed by atoms with Crippen molar-refractivity contribution in [3.63, 3.8) is 0 Å². The SMILES string of the molecule is NC(N)=NCc1ncc(-c2cccc(NC(O)N3c4nc(-c5cccc(C(F)(F)F)c5)ccc4N4CC[C@H]3C4)c2)o1. The van der Waals surface area contributed by atoms with Crippen LogP contribution in [0.25, 0.3) is 22.6 Å². The molecular weight excluding hydrogens is 537 g/mol. The Morgan fingerprint density at radius 2 is 1.93 bits per heavy atom. The van der Waals surface area contributed by atoms with Crippen molar-refractivity contribution in [1.29, 1.82) is 0 Å². The molecule has 1 unspecified atom stereocenters. The van der Waals surface area contributed by atoms with Gasteiger partial charge < -0.3 is 36.1 Å². The molecule has 0 aliphatic carbocycles. The molecule has 0 amide bonds. The Bertz CT molecular complexity index is 1600. The summed E-state index contributed by atoms with van der Waals surface area (Å²) in [5, 5.41) is 14.6. The van der Waals surface area contributed by atoms with Crippen molar-refractivity contribution < 1.29 is 22.7 Å². The maximum absolute atomic E-state index is 13.3. The number of nitrogens with two attached hydrogens (primary N) is 2. The van der Waals surface area contributed by atoms with Gasteiger partial charge in [0.15, 0.2) is 17.5 Å².